The average molecular weight is 1480 g/mol. The molecule has 6 atom stereocenters. The average Bonchev–Trinajstić information content (AvgIpc) is 0.945. The van der Waals surface area contributed by atoms with Crippen LogP contribution in [0.5, 0.6) is 0 Å². The molecule has 0 aliphatic rings. The zero-order chi connectivity index (χ0) is 74.2. The van der Waals surface area contributed by atoms with Gasteiger partial charge in [-0.3, -0.25) is 37.3 Å². The second-order valence-electron chi connectivity index (χ2n) is 30.2. The van der Waals surface area contributed by atoms with E-state index in [0.29, 0.717) is 25.7 Å². The number of phosphoric ester groups is 2. The summed E-state index contributed by atoms with van der Waals surface area (Å²) in [6.07, 6.45) is 64.0. The van der Waals surface area contributed by atoms with E-state index in [1.165, 1.54) is 244 Å². The topological polar surface area (TPSA) is 237 Å². The van der Waals surface area contributed by atoms with Gasteiger partial charge in [-0.2, -0.15) is 0 Å². The number of aliphatic hydroxyl groups excluding tert-OH is 1. The van der Waals surface area contributed by atoms with E-state index < -0.39 is 97.5 Å². The third-order valence-electron chi connectivity index (χ3n) is 19.6. The summed E-state index contributed by atoms with van der Waals surface area (Å²) in [5.41, 5.74) is 0. The van der Waals surface area contributed by atoms with Crippen LogP contribution in [0, 0.1) is 11.8 Å². The van der Waals surface area contributed by atoms with Crippen molar-refractivity contribution in [2.45, 2.75) is 452 Å². The number of phosphoric acid groups is 2. The fourth-order valence-electron chi connectivity index (χ4n) is 12.7. The molecule has 0 saturated carbocycles. The molecule has 0 bridgehead atoms. The second kappa shape index (κ2) is 73.6. The molecule has 3 N–H and O–H groups in total. The predicted octanol–water partition coefficient (Wildman–Crippen LogP) is 24.7. The molecule has 19 heteroatoms. The highest BCUT2D eigenvalue weighted by Gasteiger charge is 2.30. The van der Waals surface area contributed by atoms with Crippen molar-refractivity contribution >= 4 is 39.5 Å². The number of esters is 4. The van der Waals surface area contributed by atoms with Crippen LogP contribution in [0.25, 0.3) is 0 Å². The van der Waals surface area contributed by atoms with Crippen molar-refractivity contribution in [1.29, 1.82) is 0 Å². The molecule has 0 heterocycles. The van der Waals surface area contributed by atoms with Crippen LogP contribution in [-0.2, 0) is 65.4 Å². The summed E-state index contributed by atoms with van der Waals surface area (Å²) in [4.78, 5) is 73.0. The highest BCUT2D eigenvalue weighted by Crippen LogP contribution is 2.45. The maximum Gasteiger partial charge on any atom is 0.472 e. The third kappa shape index (κ3) is 74.7. The summed E-state index contributed by atoms with van der Waals surface area (Å²) >= 11 is 0. The molecule has 0 radical (unpaired) electrons. The molecule has 0 saturated heterocycles. The van der Waals surface area contributed by atoms with Crippen molar-refractivity contribution in [3.63, 3.8) is 0 Å². The lowest BCUT2D eigenvalue weighted by atomic mass is 10.00. The lowest BCUT2D eigenvalue weighted by Crippen LogP contribution is -2.30. The van der Waals surface area contributed by atoms with Crippen LogP contribution >= 0.6 is 15.6 Å². The van der Waals surface area contributed by atoms with Gasteiger partial charge in [0.1, 0.15) is 19.3 Å². The van der Waals surface area contributed by atoms with Gasteiger partial charge in [0.2, 0.25) is 0 Å². The van der Waals surface area contributed by atoms with E-state index in [2.05, 4.69) is 41.5 Å². The van der Waals surface area contributed by atoms with Gasteiger partial charge >= 0.3 is 39.5 Å². The van der Waals surface area contributed by atoms with Gasteiger partial charge in [0, 0.05) is 25.7 Å². The molecule has 600 valence electrons. The summed E-state index contributed by atoms with van der Waals surface area (Å²) in [5, 5.41) is 10.6. The molecule has 0 fully saturated rings. The molecule has 3 unspecified atom stereocenters. The van der Waals surface area contributed by atoms with Crippen molar-refractivity contribution in [3.8, 4) is 0 Å². The number of hydrogen-bond acceptors (Lipinski definition) is 15. The van der Waals surface area contributed by atoms with Crippen LogP contribution in [-0.4, -0.2) is 96.7 Å². The van der Waals surface area contributed by atoms with Gasteiger partial charge in [-0.25, -0.2) is 9.13 Å². The van der Waals surface area contributed by atoms with Crippen LogP contribution < -0.4 is 0 Å². The molecular weight excluding hydrogens is 1320 g/mol. The highest BCUT2D eigenvalue weighted by atomic mass is 31.2. The van der Waals surface area contributed by atoms with E-state index in [-0.39, 0.29) is 25.7 Å². The zero-order valence-corrected chi connectivity index (χ0v) is 68.0. The summed E-state index contributed by atoms with van der Waals surface area (Å²) in [6.45, 7) is 9.63. The lowest BCUT2D eigenvalue weighted by molar-refractivity contribution is -0.161. The zero-order valence-electron chi connectivity index (χ0n) is 66.2. The van der Waals surface area contributed by atoms with Crippen LogP contribution in [0.1, 0.15) is 433 Å². The Bertz CT molecular complexity index is 1940. The summed E-state index contributed by atoms with van der Waals surface area (Å²) in [7, 11) is -9.92. The Balaban J connectivity index is 5.20. The quantitative estimate of drug-likeness (QED) is 0.0222. The molecule has 0 aromatic carbocycles. The van der Waals surface area contributed by atoms with Gasteiger partial charge < -0.3 is 33.8 Å². The van der Waals surface area contributed by atoms with Gasteiger partial charge in [-0.05, 0) is 37.5 Å². The number of carbonyl (C=O) groups excluding carboxylic acids is 4. The molecular formula is C82H160O17P2. The number of carbonyl (C=O) groups is 4. The monoisotopic (exact) mass is 1480 g/mol. The molecule has 0 spiro atoms. The van der Waals surface area contributed by atoms with Crippen molar-refractivity contribution in [2.75, 3.05) is 39.6 Å². The molecule has 0 aromatic rings. The number of unbranched alkanes of at least 4 members (excludes halogenated alkanes) is 50. The molecule has 0 amide bonds. The first kappa shape index (κ1) is 99.1. The molecule has 0 rings (SSSR count). The molecule has 0 aliphatic heterocycles. The minimum atomic E-state index is -4.96. The largest absolute Gasteiger partial charge is 0.472 e. The first-order valence-electron chi connectivity index (χ1n) is 42.5. The fraction of sp³-hybridized carbons (Fsp3) is 0.951. The second-order valence-corrected chi connectivity index (χ2v) is 33.1. The smallest absolute Gasteiger partial charge is 0.462 e. The Morgan fingerprint density at radius 2 is 0.505 bits per heavy atom. The molecule has 101 heavy (non-hydrogen) atoms. The minimum Gasteiger partial charge on any atom is -0.462 e. The van der Waals surface area contributed by atoms with Gasteiger partial charge in [0.15, 0.2) is 12.2 Å². The third-order valence-corrected chi connectivity index (χ3v) is 21.5. The Morgan fingerprint density at radius 3 is 0.752 bits per heavy atom. The summed E-state index contributed by atoms with van der Waals surface area (Å²) in [5.74, 6) is -0.558. The maximum atomic E-state index is 13.1. The van der Waals surface area contributed by atoms with Gasteiger partial charge in [0.25, 0.3) is 0 Å². The molecule has 0 aromatic heterocycles. The van der Waals surface area contributed by atoms with Crippen LogP contribution in [0.3, 0.4) is 0 Å². The normalized spacial score (nSPS) is 14.2. The number of hydrogen-bond donors (Lipinski definition) is 3. The number of rotatable bonds is 81. The van der Waals surface area contributed by atoms with Crippen LogP contribution in [0.4, 0.5) is 0 Å². The Kier molecular flexibility index (Phi) is 72.2. The summed E-state index contributed by atoms with van der Waals surface area (Å²) in [6, 6.07) is 0. The Labute approximate surface area is 619 Å². The number of ether oxygens (including phenoxy) is 4. The van der Waals surface area contributed by atoms with Gasteiger partial charge in [0.05, 0.1) is 26.4 Å². The Hall–Kier alpha value is -1.94. The van der Waals surface area contributed by atoms with Crippen molar-refractivity contribution < 1.29 is 80.2 Å². The van der Waals surface area contributed by atoms with E-state index in [0.717, 1.165) is 108 Å². The van der Waals surface area contributed by atoms with E-state index in [4.69, 9.17) is 37.0 Å². The van der Waals surface area contributed by atoms with Crippen LogP contribution in [0.15, 0.2) is 0 Å². The SMILES string of the molecule is CCCCCCCCCCCCCCCCCCCCCC(=O)OC[C@H](COP(=O)(O)OC[C@@H](O)COP(=O)(O)OC[C@@H](COC(=O)CCCCCCCCC(C)CC)OC(=O)CCCCCCCCCCCCC)OC(=O)CCCCCCCCCCCCCCCCCCCCC(C)C. The van der Waals surface area contributed by atoms with E-state index in [1.807, 2.05) is 0 Å². The standard InChI is InChI=1S/C82H160O17P2/c1-7-10-12-14-16-18-20-21-22-23-24-28-31-34-38-41-45-52-58-64-79(84)92-70-77(98-82(87)67-61-55-47-43-39-35-32-29-26-25-27-30-33-37-40-44-50-56-62-74(4)5)72-96-100(88,89)94-68-76(83)69-95-101(90,91)97-73-78(71-93-80(85)65-59-53-49-48-51-57-63-75(6)9-3)99-81(86)66-60-54-46-42-36-19-17-15-13-11-8-2/h74-78,83H,7-73H2,1-6H3,(H,88,89)(H,90,91)/t75?,76-,77-,78-/m1/s1. The first-order chi connectivity index (χ1) is 48.9. The lowest BCUT2D eigenvalue weighted by Gasteiger charge is -2.21. The number of aliphatic hydroxyl groups is 1. The Morgan fingerprint density at radius 1 is 0.287 bits per heavy atom. The molecule has 0 aliphatic carbocycles. The maximum absolute atomic E-state index is 13.1. The van der Waals surface area contributed by atoms with E-state index in [1.54, 1.807) is 0 Å². The van der Waals surface area contributed by atoms with E-state index in [9.17, 15) is 43.2 Å². The van der Waals surface area contributed by atoms with Gasteiger partial charge in [-0.15, -0.1) is 0 Å². The minimum absolute atomic E-state index is 0.106. The van der Waals surface area contributed by atoms with Crippen molar-refractivity contribution in [2.24, 2.45) is 11.8 Å². The van der Waals surface area contributed by atoms with Crippen LogP contribution in [0.2, 0.25) is 0 Å². The predicted molar refractivity (Wildman–Crippen MR) is 414 cm³/mol. The summed E-state index contributed by atoms with van der Waals surface area (Å²) < 4.78 is 68.7. The van der Waals surface area contributed by atoms with Gasteiger partial charge in [-0.1, -0.05) is 382 Å². The molecule has 17 nitrogen and oxygen atoms in total. The highest BCUT2D eigenvalue weighted by molar-refractivity contribution is 7.47. The first-order valence-corrected chi connectivity index (χ1v) is 45.5. The fourth-order valence-corrected chi connectivity index (χ4v) is 14.3. The van der Waals surface area contributed by atoms with Crippen molar-refractivity contribution in [3.05, 3.63) is 0 Å². The van der Waals surface area contributed by atoms with E-state index >= 15 is 0 Å². The van der Waals surface area contributed by atoms with Crippen molar-refractivity contribution in [1.82, 2.24) is 0 Å².